The minimum Gasteiger partial charge on any atom is -0.508 e. The molecule has 0 unspecified atom stereocenters. The summed E-state index contributed by atoms with van der Waals surface area (Å²) < 4.78 is 0. The van der Waals surface area contributed by atoms with E-state index < -0.39 is 0 Å². The predicted octanol–water partition coefficient (Wildman–Crippen LogP) is 9.24. The van der Waals surface area contributed by atoms with Crippen LogP contribution in [-0.2, 0) is 16.2 Å². The molecule has 0 aliphatic carbocycles. The molecule has 3 aromatic rings. The van der Waals surface area contributed by atoms with E-state index in [4.69, 9.17) is 5.11 Å². The highest BCUT2D eigenvalue weighted by Crippen LogP contribution is 2.33. The van der Waals surface area contributed by atoms with Gasteiger partial charge >= 0.3 is 0 Å². The minimum absolute atomic E-state index is 0.0747. The van der Waals surface area contributed by atoms with Gasteiger partial charge in [-0.1, -0.05) is 111 Å². The third-order valence-corrected chi connectivity index (χ3v) is 7.57. The second-order valence-corrected chi connectivity index (χ2v) is 11.3. The molecule has 0 spiro atoms. The normalized spacial score (nSPS) is 11.6. The van der Waals surface area contributed by atoms with Crippen LogP contribution in [0.5, 0.6) is 17.2 Å². The van der Waals surface area contributed by atoms with E-state index in [-0.39, 0.29) is 16.2 Å². The Labute approximate surface area is 219 Å². The Morgan fingerprint density at radius 1 is 0.472 bits per heavy atom. The first-order valence-electron chi connectivity index (χ1n) is 13.1. The van der Waals surface area contributed by atoms with Crippen molar-refractivity contribution in [2.24, 2.45) is 0 Å². The fourth-order valence-electron chi connectivity index (χ4n) is 3.59. The Bertz CT molecular complexity index is 989. The molecule has 0 amide bonds. The number of rotatable bonds is 6. The number of benzene rings is 3. The van der Waals surface area contributed by atoms with E-state index in [1.165, 1.54) is 5.56 Å². The van der Waals surface area contributed by atoms with Crippen molar-refractivity contribution in [3.8, 4) is 17.2 Å². The molecule has 198 valence electrons. The molecular weight excluding hydrogens is 444 g/mol. The van der Waals surface area contributed by atoms with Crippen LogP contribution in [0.1, 0.15) is 98.3 Å². The van der Waals surface area contributed by atoms with E-state index in [2.05, 4.69) is 62.3 Å². The number of aromatic hydroxyl groups is 3. The molecule has 0 saturated carbocycles. The van der Waals surface area contributed by atoms with Crippen molar-refractivity contribution in [1.29, 1.82) is 0 Å². The topological polar surface area (TPSA) is 60.7 Å². The molecule has 0 radical (unpaired) electrons. The Hall–Kier alpha value is -2.94. The predicted molar refractivity (Wildman–Crippen MR) is 154 cm³/mol. The van der Waals surface area contributed by atoms with Crippen LogP contribution in [-0.4, -0.2) is 15.3 Å². The maximum Gasteiger partial charge on any atom is 0.119 e. The zero-order valence-electron chi connectivity index (χ0n) is 23.9. The van der Waals surface area contributed by atoms with E-state index >= 15 is 0 Å². The fraction of sp³-hybridized carbons (Fsp3) is 0.455. The van der Waals surface area contributed by atoms with E-state index in [1.807, 2.05) is 48.5 Å². The van der Waals surface area contributed by atoms with Gasteiger partial charge in [-0.3, -0.25) is 0 Å². The van der Waals surface area contributed by atoms with Crippen LogP contribution < -0.4 is 0 Å². The second kappa shape index (κ2) is 13.4. The van der Waals surface area contributed by atoms with Gasteiger partial charge in [0.15, 0.2) is 0 Å². The van der Waals surface area contributed by atoms with Gasteiger partial charge in [-0.15, -0.1) is 0 Å². The van der Waals surface area contributed by atoms with Crippen LogP contribution in [0.4, 0.5) is 0 Å². The molecular formula is C33H48O3. The van der Waals surface area contributed by atoms with Gasteiger partial charge in [0.2, 0.25) is 0 Å². The molecule has 0 aliphatic rings. The molecule has 0 aromatic heterocycles. The van der Waals surface area contributed by atoms with Crippen LogP contribution in [0.25, 0.3) is 0 Å². The van der Waals surface area contributed by atoms with Crippen molar-refractivity contribution in [3.05, 3.63) is 89.5 Å². The Morgan fingerprint density at radius 2 is 0.806 bits per heavy atom. The zero-order valence-corrected chi connectivity index (χ0v) is 23.9. The highest BCUT2D eigenvalue weighted by atomic mass is 16.3. The molecule has 3 heteroatoms. The molecule has 0 heterocycles. The number of para-hydroxylation sites is 2. The smallest absolute Gasteiger partial charge is 0.119 e. The van der Waals surface area contributed by atoms with Gasteiger partial charge in [-0.2, -0.15) is 0 Å². The molecule has 3 N–H and O–H groups in total. The van der Waals surface area contributed by atoms with Gasteiger partial charge in [0.1, 0.15) is 17.2 Å². The van der Waals surface area contributed by atoms with Gasteiger partial charge in [0.05, 0.1) is 0 Å². The summed E-state index contributed by atoms with van der Waals surface area (Å²) in [6, 6.07) is 22.5. The van der Waals surface area contributed by atoms with Crippen LogP contribution in [0, 0.1) is 0 Å². The quantitative estimate of drug-likeness (QED) is 0.321. The molecule has 0 saturated heterocycles. The van der Waals surface area contributed by atoms with E-state index in [0.29, 0.717) is 17.2 Å². The molecule has 3 aromatic carbocycles. The highest BCUT2D eigenvalue weighted by molar-refractivity contribution is 5.38. The lowest BCUT2D eigenvalue weighted by Gasteiger charge is -2.23. The average molecular weight is 493 g/mol. The Kier molecular flexibility index (Phi) is 11.6. The zero-order chi connectivity index (χ0) is 27.6. The number of hydrogen-bond acceptors (Lipinski definition) is 3. The fourth-order valence-corrected chi connectivity index (χ4v) is 3.59. The van der Waals surface area contributed by atoms with Gasteiger partial charge in [-0.25, -0.2) is 0 Å². The first kappa shape index (κ1) is 31.1. The summed E-state index contributed by atoms with van der Waals surface area (Å²) in [6.45, 7) is 19.4. The maximum atomic E-state index is 9.58. The van der Waals surface area contributed by atoms with Gasteiger partial charge in [0, 0.05) is 0 Å². The molecule has 0 aliphatic heterocycles. The standard InChI is InChI=1S/3C11H16O/c1-4-11(2,3)9-5-7-10(12)8-6-9;2*1-4-11(2,3)9-7-5-6-8-10(9)12/h3*5-8,12H,4H2,1-3H3. The van der Waals surface area contributed by atoms with Gasteiger partial charge < -0.3 is 15.3 Å². The Morgan fingerprint density at radius 3 is 1.11 bits per heavy atom. The Balaban J connectivity index is 0.000000270. The van der Waals surface area contributed by atoms with Crippen LogP contribution in [0.15, 0.2) is 72.8 Å². The third-order valence-electron chi connectivity index (χ3n) is 7.57. The van der Waals surface area contributed by atoms with Crippen LogP contribution in [0.3, 0.4) is 0 Å². The SMILES string of the molecule is CCC(C)(C)c1ccc(O)cc1.CCC(C)(C)c1ccccc1O.CCC(C)(C)c1ccccc1O. The minimum atomic E-state index is 0.0747. The molecule has 0 fully saturated rings. The van der Waals surface area contributed by atoms with Gasteiger partial charge in [-0.05, 0) is 76.5 Å². The van der Waals surface area contributed by atoms with Gasteiger partial charge in [0.25, 0.3) is 0 Å². The molecule has 0 bridgehead atoms. The molecule has 0 atom stereocenters. The lowest BCUT2D eigenvalue weighted by Crippen LogP contribution is -2.15. The summed E-state index contributed by atoms with van der Waals surface area (Å²) >= 11 is 0. The van der Waals surface area contributed by atoms with E-state index in [1.54, 1.807) is 24.3 Å². The summed E-state index contributed by atoms with van der Waals surface area (Å²) in [5, 5.41) is 28.2. The monoisotopic (exact) mass is 492 g/mol. The van der Waals surface area contributed by atoms with Crippen molar-refractivity contribution in [1.82, 2.24) is 0 Å². The third kappa shape index (κ3) is 8.93. The summed E-state index contributed by atoms with van der Waals surface area (Å²) in [7, 11) is 0. The van der Waals surface area contributed by atoms with Crippen molar-refractivity contribution in [2.45, 2.75) is 97.8 Å². The lowest BCUT2D eigenvalue weighted by atomic mass is 9.82. The number of phenolic OH excluding ortho intramolecular Hbond substituents is 3. The highest BCUT2D eigenvalue weighted by Gasteiger charge is 2.21. The van der Waals surface area contributed by atoms with E-state index in [0.717, 1.165) is 30.4 Å². The number of hydrogen-bond donors (Lipinski definition) is 3. The van der Waals surface area contributed by atoms with Crippen LogP contribution >= 0.6 is 0 Å². The maximum absolute atomic E-state index is 9.58. The van der Waals surface area contributed by atoms with E-state index in [9.17, 15) is 10.2 Å². The summed E-state index contributed by atoms with van der Waals surface area (Å²) in [6.07, 6.45) is 3.17. The molecule has 3 rings (SSSR count). The summed E-state index contributed by atoms with van der Waals surface area (Å²) in [5.41, 5.74) is 3.72. The van der Waals surface area contributed by atoms with Crippen molar-refractivity contribution in [2.75, 3.05) is 0 Å². The van der Waals surface area contributed by atoms with Crippen LogP contribution in [0.2, 0.25) is 0 Å². The van der Waals surface area contributed by atoms with Crippen molar-refractivity contribution < 1.29 is 15.3 Å². The number of phenols is 3. The first-order chi connectivity index (χ1) is 16.7. The lowest BCUT2D eigenvalue weighted by molar-refractivity contribution is 0.428. The van der Waals surface area contributed by atoms with Crippen molar-refractivity contribution in [3.63, 3.8) is 0 Å². The summed E-state index contributed by atoms with van der Waals surface area (Å²) in [4.78, 5) is 0. The average Bonchev–Trinajstić information content (AvgIpc) is 2.85. The largest absolute Gasteiger partial charge is 0.508 e. The first-order valence-corrected chi connectivity index (χ1v) is 13.1. The summed E-state index contributed by atoms with van der Waals surface area (Å²) in [5.74, 6) is 1.15. The molecule has 36 heavy (non-hydrogen) atoms. The van der Waals surface area contributed by atoms with Crippen molar-refractivity contribution >= 4 is 0 Å². The second-order valence-electron chi connectivity index (χ2n) is 11.3. The molecule has 3 nitrogen and oxygen atoms in total.